The lowest BCUT2D eigenvalue weighted by atomic mass is 10.2. The van der Waals surface area contributed by atoms with E-state index in [4.69, 9.17) is 0 Å². The number of halogens is 3. The molecule has 2 aromatic rings. The quantitative estimate of drug-likeness (QED) is 0.923. The Morgan fingerprint density at radius 1 is 1.28 bits per heavy atom. The maximum Gasteiger partial charge on any atom is 0.258 e. The van der Waals surface area contributed by atoms with E-state index in [9.17, 15) is 13.6 Å². The Labute approximate surface area is 110 Å². The predicted octanol–water partition coefficient (Wildman–Crippen LogP) is 3.37. The molecule has 18 heavy (non-hydrogen) atoms. The van der Waals surface area contributed by atoms with Crippen molar-refractivity contribution in [2.75, 3.05) is 5.32 Å². The molecule has 0 atom stereocenters. The van der Waals surface area contributed by atoms with E-state index >= 15 is 0 Å². The molecule has 0 aliphatic carbocycles. The molecule has 0 aliphatic heterocycles. The fourth-order valence-electron chi connectivity index (χ4n) is 1.34. The van der Waals surface area contributed by atoms with E-state index in [1.165, 1.54) is 12.4 Å². The molecule has 92 valence electrons. The number of pyridine rings is 1. The number of carbonyl (C=O) groups is 1. The highest BCUT2D eigenvalue weighted by atomic mass is 79.9. The van der Waals surface area contributed by atoms with Crippen molar-refractivity contribution >= 4 is 27.5 Å². The molecule has 2 rings (SSSR count). The summed E-state index contributed by atoms with van der Waals surface area (Å²) in [6.07, 6.45) is 2.98. The van der Waals surface area contributed by atoms with Crippen LogP contribution in [0.1, 0.15) is 10.4 Å². The fourth-order valence-corrected chi connectivity index (χ4v) is 1.69. The van der Waals surface area contributed by atoms with Gasteiger partial charge < -0.3 is 5.32 Å². The van der Waals surface area contributed by atoms with E-state index in [0.29, 0.717) is 16.2 Å². The summed E-state index contributed by atoms with van der Waals surface area (Å²) in [5.41, 5.74) is 0.235. The van der Waals surface area contributed by atoms with Crippen LogP contribution in [0.4, 0.5) is 14.5 Å². The molecular formula is C12H7BrF2N2O. The Bertz CT molecular complexity index is 604. The fraction of sp³-hybridized carbons (Fsp3) is 0. The van der Waals surface area contributed by atoms with Gasteiger partial charge >= 0.3 is 0 Å². The van der Waals surface area contributed by atoms with Gasteiger partial charge in [0, 0.05) is 18.5 Å². The van der Waals surface area contributed by atoms with E-state index in [1.807, 2.05) is 0 Å². The SMILES string of the molecule is O=C(Nc1ccncc1Br)c1ccc(F)cc1F. The highest BCUT2D eigenvalue weighted by molar-refractivity contribution is 9.10. The van der Waals surface area contributed by atoms with Crippen molar-refractivity contribution in [3.63, 3.8) is 0 Å². The maximum atomic E-state index is 13.4. The van der Waals surface area contributed by atoms with Crippen LogP contribution in [-0.2, 0) is 0 Å². The van der Waals surface area contributed by atoms with Crippen molar-refractivity contribution < 1.29 is 13.6 Å². The first-order chi connectivity index (χ1) is 8.58. The first-order valence-corrected chi connectivity index (χ1v) is 5.73. The van der Waals surface area contributed by atoms with Crippen molar-refractivity contribution in [3.05, 3.63) is 58.3 Å². The van der Waals surface area contributed by atoms with Crippen molar-refractivity contribution in [1.82, 2.24) is 4.98 Å². The molecule has 3 nitrogen and oxygen atoms in total. The standard InChI is InChI=1S/C12H7BrF2N2O/c13-9-6-16-4-3-11(9)17-12(18)8-2-1-7(14)5-10(8)15/h1-6H,(H,16,17,18). The molecule has 0 spiro atoms. The van der Waals surface area contributed by atoms with Gasteiger partial charge in [0.15, 0.2) is 0 Å². The third kappa shape index (κ3) is 2.70. The summed E-state index contributed by atoms with van der Waals surface area (Å²) >= 11 is 3.20. The second-order valence-electron chi connectivity index (χ2n) is 3.43. The number of nitrogens with one attached hydrogen (secondary N) is 1. The lowest BCUT2D eigenvalue weighted by molar-refractivity contribution is 0.102. The average Bonchev–Trinajstić information content (AvgIpc) is 2.32. The summed E-state index contributed by atoms with van der Waals surface area (Å²) in [5.74, 6) is -2.29. The minimum absolute atomic E-state index is 0.222. The molecule has 0 radical (unpaired) electrons. The molecule has 6 heteroatoms. The van der Waals surface area contributed by atoms with Crippen LogP contribution in [0, 0.1) is 11.6 Å². The van der Waals surface area contributed by atoms with Gasteiger partial charge in [-0.05, 0) is 34.1 Å². The summed E-state index contributed by atoms with van der Waals surface area (Å²) < 4.78 is 26.7. The van der Waals surface area contributed by atoms with Crippen molar-refractivity contribution in [3.8, 4) is 0 Å². The van der Waals surface area contributed by atoms with Gasteiger partial charge in [0.05, 0.1) is 15.7 Å². The van der Waals surface area contributed by atoms with Crippen LogP contribution in [0.3, 0.4) is 0 Å². The second-order valence-corrected chi connectivity index (χ2v) is 4.29. The number of carbonyl (C=O) groups excluding carboxylic acids is 1. The Morgan fingerprint density at radius 2 is 2.06 bits per heavy atom. The Kier molecular flexibility index (Phi) is 3.66. The molecule has 0 saturated carbocycles. The van der Waals surface area contributed by atoms with Crippen molar-refractivity contribution in [2.24, 2.45) is 0 Å². The van der Waals surface area contributed by atoms with Crippen LogP contribution in [-0.4, -0.2) is 10.9 Å². The zero-order chi connectivity index (χ0) is 13.1. The molecule has 0 aliphatic rings. The van der Waals surface area contributed by atoms with Gasteiger partial charge in [0.2, 0.25) is 0 Å². The zero-order valence-electron chi connectivity index (χ0n) is 8.95. The highest BCUT2D eigenvalue weighted by Gasteiger charge is 2.13. The summed E-state index contributed by atoms with van der Waals surface area (Å²) in [6.45, 7) is 0. The van der Waals surface area contributed by atoms with Gasteiger partial charge in [-0.1, -0.05) is 0 Å². The molecule has 1 aromatic heterocycles. The van der Waals surface area contributed by atoms with E-state index < -0.39 is 17.5 Å². The smallest absolute Gasteiger partial charge is 0.258 e. The van der Waals surface area contributed by atoms with E-state index in [1.54, 1.807) is 6.07 Å². The summed E-state index contributed by atoms with van der Waals surface area (Å²) in [6, 6.07) is 4.34. The van der Waals surface area contributed by atoms with Gasteiger partial charge in [-0.2, -0.15) is 0 Å². The molecule has 1 heterocycles. The second kappa shape index (κ2) is 5.22. The van der Waals surface area contributed by atoms with Gasteiger partial charge in [-0.25, -0.2) is 8.78 Å². The Morgan fingerprint density at radius 3 is 2.72 bits per heavy atom. The molecule has 1 amide bonds. The number of aromatic nitrogens is 1. The van der Waals surface area contributed by atoms with Gasteiger partial charge in [0.1, 0.15) is 11.6 Å². The van der Waals surface area contributed by atoms with Gasteiger partial charge in [-0.3, -0.25) is 9.78 Å². The van der Waals surface area contributed by atoms with E-state index in [2.05, 4.69) is 26.2 Å². The number of amides is 1. The minimum Gasteiger partial charge on any atom is -0.321 e. The first-order valence-electron chi connectivity index (χ1n) is 4.94. The van der Waals surface area contributed by atoms with Crippen LogP contribution in [0.5, 0.6) is 0 Å². The third-order valence-corrected chi connectivity index (χ3v) is 2.83. The number of hydrogen-bond acceptors (Lipinski definition) is 2. The van der Waals surface area contributed by atoms with Gasteiger partial charge in [0.25, 0.3) is 5.91 Å². The van der Waals surface area contributed by atoms with Crippen molar-refractivity contribution in [1.29, 1.82) is 0 Å². The van der Waals surface area contributed by atoms with E-state index in [0.717, 1.165) is 12.1 Å². The topological polar surface area (TPSA) is 42.0 Å². The maximum absolute atomic E-state index is 13.4. The summed E-state index contributed by atoms with van der Waals surface area (Å²) in [5, 5.41) is 2.50. The molecule has 1 aromatic carbocycles. The van der Waals surface area contributed by atoms with Gasteiger partial charge in [-0.15, -0.1) is 0 Å². The molecule has 0 fully saturated rings. The minimum atomic E-state index is -0.905. The molecule has 1 N–H and O–H groups in total. The normalized spacial score (nSPS) is 10.2. The van der Waals surface area contributed by atoms with Crippen LogP contribution < -0.4 is 5.32 Å². The number of hydrogen-bond donors (Lipinski definition) is 1. The average molecular weight is 313 g/mol. The molecule has 0 saturated heterocycles. The van der Waals surface area contributed by atoms with Crippen LogP contribution in [0.25, 0.3) is 0 Å². The predicted molar refractivity (Wildman–Crippen MR) is 66.2 cm³/mol. The largest absolute Gasteiger partial charge is 0.321 e. The molecular weight excluding hydrogens is 306 g/mol. The number of anilines is 1. The number of benzene rings is 1. The van der Waals surface area contributed by atoms with Crippen LogP contribution in [0.15, 0.2) is 41.1 Å². The number of nitrogens with zero attached hydrogens (tertiary/aromatic N) is 1. The zero-order valence-corrected chi connectivity index (χ0v) is 10.5. The summed E-state index contributed by atoms with van der Waals surface area (Å²) in [4.78, 5) is 15.6. The third-order valence-electron chi connectivity index (χ3n) is 2.20. The lowest BCUT2D eigenvalue weighted by Crippen LogP contribution is -2.14. The molecule has 0 bridgehead atoms. The molecule has 0 unspecified atom stereocenters. The summed E-state index contributed by atoms with van der Waals surface area (Å²) in [7, 11) is 0. The first kappa shape index (κ1) is 12.6. The van der Waals surface area contributed by atoms with Crippen molar-refractivity contribution in [2.45, 2.75) is 0 Å². The highest BCUT2D eigenvalue weighted by Crippen LogP contribution is 2.21. The Balaban J connectivity index is 2.25. The van der Waals surface area contributed by atoms with Crippen LogP contribution >= 0.6 is 15.9 Å². The monoisotopic (exact) mass is 312 g/mol. The van der Waals surface area contributed by atoms with Crippen LogP contribution in [0.2, 0.25) is 0 Å². The lowest BCUT2D eigenvalue weighted by Gasteiger charge is -2.07. The number of rotatable bonds is 2. The van der Waals surface area contributed by atoms with E-state index in [-0.39, 0.29) is 5.56 Å². The Hall–Kier alpha value is -1.82.